The minimum Gasteiger partial charge on any atom is -0.548 e. The molecular weight excluding hydrogens is 408 g/mol. The van der Waals surface area contributed by atoms with Gasteiger partial charge in [-0.2, -0.15) is 13.2 Å². The second-order valence-corrected chi connectivity index (χ2v) is 6.36. The summed E-state index contributed by atoms with van der Waals surface area (Å²) in [6, 6.07) is 10.7. The normalized spacial score (nSPS) is 12.5. The fraction of sp³-hybridized carbons (Fsp3) is 0.143. The molecule has 0 aliphatic rings. The summed E-state index contributed by atoms with van der Waals surface area (Å²) in [5.74, 6) is -2.33. The molecule has 0 unspecified atom stereocenters. The van der Waals surface area contributed by atoms with Crippen molar-refractivity contribution in [2.75, 3.05) is 0 Å². The van der Waals surface area contributed by atoms with Gasteiger partial charge in [0, 0.05) is 29.6 Å². The van der Waals surface area contributed by atoms with Crippen molar-refractivity contribution >= 4 is 28.9 Å². The molecular formula is C21H16F3N2NaO3. The van der Waals surface area contributed by atoms with Crippen LogP contribution < -0.4 is 40.0 Å². The number of aliphatic carboxylic acids is 1. The molecule has 150 valence electrons. The van der Waals surface area contributed by atoms with Gasteiger partial charge in [-0.1, -0.05) is 36.4 Å². The van der Waals surface area contributed by atoms with Crippen molar-refractivity contribution in [3.8, 4) is 0 Å². The van der Waals surface area contributed by atoms with E-state index in [4.69, 9.17) is 0 Å². The van der Waals surface area contributed by atoms with Crippen LogP contribution in [0.15, 0.2) is 60.8 Å². The molecule has 0 spiro atoms. The van der Waals surface area contributed by atoms with Crippen molar-refractivity contribution in [3.05, 3.63) is 77.5 Å². The number of H-pyrrole nitrogens is 1. The minimum atomic E-state index is -4.57. The van der Waals surface area contributed by atoms with E-state index in [9.17, 15) is 27.9 Å². The maximum atomic E-state index is 13.0. The van der Waals surface area contributed by atoms with Gasteiger partial charge in [-0.05, 0) is 29.3 Å². The molecule has 0 bridgehead atoms. The Morgan fingerprint density at radius 1 is 1.10 bits per heavy atom. The van der Waals surface area contributed by atoms with Gasteiger partial charge in [0.1, 0.15) is 0 Å². The predicted molar refractivity (Wildman–Crippen MR) is 99.4 cm³/mol. The number of fused-ring (bicyclic) bond motifs is 1. The Balaban J connectivity index is 0.00000320. The largest absolute Gasteiger partial charge is 1.00 e. The minimum absolute atomic E-state index is 0. The number of para-hydroxylation sites is 1. The number of benzene rings is 2. The van der Waals surface area contributed by atoms with Crippen molar-refractivity contribution < 1.29 is 57.4 Å². The molecule has 1 aromatic heterocycles. The van der Waals surface area contributed by atoms with Gasteiger partial charge in [0.05, 0.1) is 17.6 Å². The molecule has 1 atom stereocenters. The van der Waals surface area contributed by atoms with Crippen LogP contribution in [0, 0.1) is 0 Å². The standard InChI is InChI=1S/C21H17F3N2O3.Na/c22-21(23,24)16-7-3-1-5-13(16)9-10-19(27)26-18(20(28)29)11-14-12-25-17-8-4-2-6-15(14)17;/h1-10,12,18,25H,11H2,(H,26,27)(H,28,29);/q;+1/p-1/t18-;/m0./s1. The Morgan fingerprint density at radius 3 is 2.47 bits per heavy atom. The van der Waals surface area contributed by atoms with Gasteiger partial charge >= 0.3 is 35.7 Å². The number of alkyl halides is 3. The number of aromatic amines is 1. The van der Waals surface area contributed by atoms with E-state index in [1.165, 1.54) is 18.2 Å². The quantitative estimate of drug-likeness (QED) is 0.420. The number of hydrogen-bond acceptors (Lipinski definition) is 3. The summed E-state index contributed by atoms with van der Waals surface area (Å²) in [7, 11) is 0. The number of nitrogens with one attached hydrogen (secondary N) is 2. The number of carbonyl (C=O) groups is 2. The Kier molecular flexibility index (Phi) is 7.89. The first-order chi connectivity index (χ1) is 13.8. The van der Waals surface area contributed by atoms with Crippen molar-refractivity contribution in [2.45, 2.75) is 18.6 Å². The first kappa shape index (κ1) is 23.7. The number of aromatic nitrogens is 1. The van der Waals surface area contributed by atoms with Crippen LogP contribution in [0.25, 0.3) is 17.0 Å². The van der Waals surface area contributed by atoms with Gasteiger partial charge in [0.15, 0.2) is 0 Å². The third-order valence-corrected chi connectivity index (χ3v) is 4.38. The van der Waals surface area contributed by atoms with Crippen LogP contribution in [0.2, 0.25) is 0 Å². The molecule has 0 fully saturated rings. The molecule has 2 N–H and O–H groups in total. The van der Waals surface area contributed by atoms with Gasteiger partial charge in [-0.3, -0.25) is 4.79 Å². The van der Waals surface area contributed by atoms with E-state index in [1.54, 1.807) is 12.3 Å². The number of halogens is 3. The molecule has 0 radical (unpaired) electrons. The summed E-state index contributed by atoms with van der Waals surface area (Å²) < 4.78 is 39.0. The van der Waals surface area contributed by atoms with Gasteiger partial charge < -0.3 is 20.2 Å². The van der Waals surface area contributed by atoms with E-state index in [1.807, 2.05) is 18.2 Å². The van der Waals surface area contributed by atoms with Gasteiger partial charge in [-0.25, -0.2) is 0 Å². The molecule has 0 saturated carbocycles. The number of amides is 1. The summed E-state index contributed by atoms with van der Waals surface area (Å²) in [5, 5.41) is 14.5. The molecule has 9 heteroatoms. The zero-order valence-corrected chi connectivity index (χ0v) is 18.0. The predicted octanol–water partition coefficient (Wildman–Crippen LogP) is -0.319. The van der Waals surface area contributed by atoms with Crippen molar-refractivity contribution in [1.82, 2.24) is 10.3 Å². The van der Waals surface area contributed by atoms with Crippen LogP contribution in [0.3, 0.4) is 0 Å². The molecule has 5 nitrogen and oxygen atoms in total. The maximum Gasteiger partial charge on any atom is 1.00 e. The Labute approximate surface area is 192 Å². The van der Waals surface area contributed by atoms with Crippen LogP contribution in [0.5, 0.6) is 0 Å². The van der Waals surface area contributed by atoms with Crippen LogP contribution in [0.4, 0.5) is 13.2 Å². The summed E-state index contributed by atoms with van der Waals surface area (Å²) in [4.78, 5) is 26.6. The molecule has 3 aromatic rings. The van der Waals surface area contributed by atoms with E-state index < -0.39 is 29.7 Å². The molecule has 0 aliphatic carbocycles. The van der Waals surface area contributed by atoms with Gasteiger partial charge in [-0.15, -0.1) is 0 Å². The summed E-state index contributed by atoms with van der Waals surface area (Å²) >= 11 is 0. The molecule has 30 heavy (non-hydrogen) atoms. The first-order valence-electron chi connectivity index (χ1n) is 8.66. The molecule has 0 aliphatic heterocycles. The van der Waals surface area contributed by atoms with E-state index >= 15 is 0 Å². The van der Waals surface area contributed by atoms with Gasteiger partial charge in [0.2, 0.25) is 5.91 Å². The smallest absolute Gasteiger partial charge is 0.548 e. The number of carboxylic acid groups (broad SMARTS) is 1. The summed E-state index contributed by atoms with van der Waals surface area (Å²) in [6.07, 6.45) is -1.10. The van der Waals surface area contributed by atoms with E-state index in [2.05, 4.69) is 10.3 Å². The first-order valence-corrected chi connectivity index (χ1v) is 8.66. The molecule has 3 rings (SSSR count). The van der Waals surface area contributed by atoms with Crippen LogP contribution in [-0.2, 0) is 22.2 Å². The zero-order valence-electron chi connectivity index (χ0n) is 16.0. The van der Waals surface area contributed by atoms with Crippen LogP contribution in [0.1, 0.15) is 16.7 Å². The van der Waals surface area contributed by atoms with Crippen molar-refractivity contribution in [3.63, 3.8) is 0 Å². The average molecular weight is 424 g/mol. The molecule has 1 amide bonds. The Morgan fingerprint density at radius 2 is 1.77 bits per heavy atom. The average Bonchev–Trinajstić information content (AvgIpc) is 3.08. The molecule has 0 saturated heterocycles. The SMILES string of the molecule is O=C(C=Cc1ccccc1C(F)(F)F)N[C@@H](Cc1c[nH]c2ccccc12)C(=O)[O-].[Na+]. The number of rotatable bonds is 6. The van der Waals surface area contributed by atoms with Crippen LogP contribution in [-0.4, -0.2) is 22.9 Å². The topological polar surface area (TPSA) is 85.0 Å². The maximum absolute atomic E-state index is 13.0. The van der Waals surface area contributed by atoms with E-state index in [0.717, 1.165) is 29.1 Å². The molecule has 1 heterocycles. The van der Waals surface area contributed by atoms with Crippen molar-refractivity contribution in [1.29, 1.82) is 0 Å². The fourth-order valence-corrected chi connectivity index (χ4v) is 3.00. The van der Waals surface area contributed by atoms with Gasteiger partial charge in [0.25, 0.3) is 0 Å². The van der Waals surface area contributed by atoms with E-state index in [-0.39, 0.29) is 41.5 Å². The van der Waals surface area contributed by atoms with Crippen molar-refractivity contribution in [2.24, 2.45) is 0 Å². The third kappa shape index (κ3) is 5.75. The third-order valence-electron chi connectivity index (χ3n) is 4.38. The zero-order chi connectivity index (χ0) is 21.0. The van der Waals surface area contributed by atoms with E-state index in [0.29, 0.717) is 5.56 Å². The Hall–Kier alpha value is -2.55. The summed E-state index contributed by atoms with van der Waals surface area (Å²) in [6.45, 7) is 0. The number of carboxylic acids is 1. The summed E-state index contributed by atoms with van der Waals surface area (Å²) in [5.41, 5.74) is 0.396. The fourth-order valence-electron chi connectivity index (χ4n) is 3.00. The monoisotopic (exact) mass is 424 g/mol. The Bertz CT molecular complexity index is 1080. The number of carbonyl (C=O) groups excluding carboxylic acids is 2. The second kappa shape index (κ2) is 9.97. The number of hydrogen-bond donors (Lipinski definition) is 2. The van der Waals surface area contributed by atoms with Crippen LogP contribution >= 0.6 is 0 Å². The molecule has 2 aromatic carbocycles. The second-order valence-electron chi connectivity index (χ2n) is 6.36.